The number of aryl methyl sites for hydroxylation is 1. The summed E-state index contributed by atoms with van der Waals surface area (Å²) in [6, 6.07) is 18.1. The average Bonchev–Trinajstić information content (AvgIpc) is 3.51. The molecule has 8 nitrogen and oxygen atoms in total. The third kappa shape index (κ3) is 4.47. The van der Waals surface area contributed by atoms with Crippen molar-refractivity contribution in [2.24, 2.45) is 0 Å². The van der Waals surface area contributed by atoms with E-state index in [4.69, 9.17) is 4.74 Å². The molecule has 0 radical (unpaired) electrons. The van der Waals surface area contributed by atoms with Gasteiger partial charge in [0.2, 0.25) is 0 Å². The van der Waals surface area contributed by atoms with Crippen LogP contribution in [0.4, 0.5) is 5.69 Å². The minimum atomic E-state index is -0.485. The van der Waals surface area contributed by atoms with Crippen molar-refractivity contribution in [2.45, 2.75) is 6.92 Å². The van der Waals surface area contributed by atoms with Crippen LogP contribution < -0.4 is 5.32 Å². The summed E-state index contributed by atoms with van der Waals surface area (Å²) in [7, 11) is 1.31. The highest BCUT2D eigenvalue weighted by molar-refractivity contribution is 7.10. The minimum absolute atomic E-state index is 0.235. The summed E-state index contributed by atoms with van der Waals surface area (Å²) in [4.78, 5) is 26.2. The predicted molar refractivity (Wildman–Crippen MR) is 123 cm³/mol. The van der Waals surface area contributed by atoms with Crippen LogP contribution in [0.25, 0.3) is 23.2 Å². The molecule has 32 heavy (non-hydrogen) atoms. The van der Waals surface area contributed by atoms with E-state index in [0.29, 0.717) is 17.1 Å². The zero-order valence-electron chi connectivity index (χ0n) is 17.4. The number of thiophene rings is 1. The maximum atomic E-state index is 13.4. The lowest BCUT2D eigenvalue weighted by Crippen LogP contribution is -2.20. The zero-order valence-corrected chi connectivity index (χ0v) is 18.2. The Morgan fingerprint density at radius 3 is 2.62 bits per heavy atom. The van der Waals surface area contributed by atoms with Crippen LogP contribution >= 0.6 is 11.3 Å². The van der Waals surface area contributed by atoms with Gasteiger partial charge in [-0.3, -0.25) is 4.79 Å². The lowest BCUT2D eigenvalue weighted by Gasteiger charge is -2.13. The van der Waals surface area contributed by atoms with E-state index in [9.17, 15) is 9.59 Å². The molecule has 0 aliphatic carbocycles. The van der Waals surface area contributed by atoms with Crippen LogP contribution in [0.1, 0.15) is 20.8 Å². The number of methoxy groups -OCH3 is 1. The molecule has 1 amide bonds. The van der Waals surface area contributed by atoms with E-state index in [1.165, 1.54) is 23.1 Å². The van der Waals surface area contributed by atoms with Gasteiger partial charge in [-0.15, -0.1) is 16.4 Å². The topological polar surface area (TPSA) is 99.0 Å². The zero-order chi connectivity index (χ0) is 22.5. The highest BCUT2D eigenvalue weighted by Gasteiger charge is 2.20. The summed E-state index contributed by atoms with van der Waals surface area (Å²) in [5.74, 6) is -0.474. The number of benzene rings is 2. The maximum Gasteiger partial charge on any atom is 0.337 e. The maximum absolute atomic E-state index is 13.4. The van der Waals surface area contributed by atoms with Crippen molar-refractivity contribution in [3.05, 3.63) is 82.0 Å². The molecule has 160 valence electrons. The summed E-state index contributed by atoms with van der Waals surface area (Å²) in [6.07, 6.45) is 1.72. The molecular weight excluding hydrogens is 426 g/mol. The van der Waals surface area contributed by atoms with Crippen LogP contribution in [0.5, 0.6) is 0 Å². The van der Waals surface area contributed by atoms with Crippen molar-refractivity contribution in [3.8, 4) is 11.4 Å². The van der Waals surface area contributed by atoms with Gasteiger partial charge in [0.15, 0.2) is 5.82 Å². The SMILES string of the molecule is COC(=O)c1ccc(C)c(NC(=O)/C(=C/c2cccs2)n2nnnc2-c2ccccc2)c1. The number of nitrogens with one attached hydrogen (secondary N) is 1. The number of anilines is 1. The molecule has 4 rings (SSSR count). The number of hydrogen-bond donors (Lipinski definition) is 1. The highest BCUT2D eigenvalue weighted by atomic mass is 32.1. The Morgan fingerprint density at radius 1 is 1.09 bits per heavy atom. The molecule has 0 saturated carbocycles. The standard InChI is InChI=1S/C23H19N5O3S/c1-15-10-11-17(23(30)31-2)13-19(15)24-22(29)20(14-18-9-6-12-32-18)28-21(25-26-27-28)16-7-4-3-5-8-16/h3-14H,1-2H3,(H,24,29)/b20-14-. The van der Waals surface area contributed by atoms with Crippen molar-refractivity contribution in [1.82, 2.24) is 20.2 Å². The molecule has 9 heteroatoms. The van der Waals surface area contributed by atoms with E-state index in [1.807, 2.05) is 54.8 Å². The van der Waals surface area contributed by atoms with E-state index in [2.05, 4.69) is 20.8 Å². The number of hydrogen-bond acceptors (Lipinski definition) is 7. The first kappa shape index (κ1) is 21.1. The Bertz CT molecular complexity index is 1280. The first-order chi connectivity index (χ1) is 15.6. The summed E-state index contributed by atoms with van der Waals surface area (Å²) in [5.41, 5.74) is 2.63. The third-order valence-corrected chi connectivity index (χ3v) is 5.51. The van der Waals surface area contributed by atoms with Gasteiger partial charge in [-0.25, -0.2) is 4.79 Å². The van der Waals surface area contributed by atoms with Crippen LogP contribution in [-0.4, -0.2) is 39.2 Å². The molecule has 1 N–H and O–H groups in total. The second-order valence-corrected chi connectivity index (χ2v) is 7.78. The monoisotopic (exact) mass is 445 g/mol. The van der Waals surface area contributed by atoms with Crippen LogP contribution in [0.3, 0.4) is 0 Å². The Hall–Kier alpha value is -4.11. The van der Waals surface area contributed by atoms with Crippen LogP contribution in [0.15, 0.2) is 66.0 Å². The fourth-order valence-corrected chi connectivity index (χ4v) is 3.69. The van der Waals surface area contributed by atoms with Crippen molar-refractivity contribution < 1.29 is 14.3 Å². The number of rotatable bonds is 6. The van der Waals surface area contributed by atoms with Crippen molar-refractivity contribution in [3.63, 3.8) is 0 Å². The smallest absolute Gasteiger partial charge is 0.337 e. The number of aromatic nitrogens is 4. The number of amides is 1. The fraction of sp³-hybridized carbons (Fsp3) is 0.0870. The Kier molecular flexibility index (Phi) is 6.18. The lowest BCUT2D eigenvalue weighted by atomic mass is 10.1. The van der Waals surface area contributed by atoms with Gasteiger partial charge in [0, 0.05) is 16.1 Å². The van der Waals surface area contributed by atoms with Gasteiger partial charge in [0.1, 0.15) is 5.70 Å². The van der Waals surface area contributed by atoms with Crippen molar-refractivity contribution in [1.29, 1.82) is 0 Å². The molecule has 0 fully saturated rings. The summed E-state index contributed by atoms with van der Waals surface area (Å²) >= 11 is 1.49. The summed E-state index contributed by atoms with van der Waals surface area (Å²) in [5, 5.41) is 16.8. The molecule has 0 atom stereocenters. The van der Waals surface area contributed by atoms with E-state index >= 15 is 0 Å². The summed E-state index contributed by atoms with van der Waals surface area (Å²) in [6.45, 7) is 1.84. The summed E-state index contributed by atoms with van der Waals surface area (Å²) < 4.78 is 6.19. The van der Waals surface area contributed by atoms with Gasteiger partial charge in [-0.2, -0.15) is 4.68 Å². The molecule has 0 aliphatic heterocycles. The molecule has 0 spiro atoms. The van der Waals surface area contributed by atoms with Gasteiger partial charge in [0.05, 0.1) is 12.7 Å². The number of carbonyl (C=O) groups excluding carboxylic acids is 2. The second kappa shape index (κ2) is 9.36. The first-order valence-corrected chi connectivity index (χ1v) is 10.5. The predicted octanol–water partition coefficient (Wildman–Crippen LogP) is 4.13. The number of esters is 1. The third-order valence-electron chi connectivity index (χ3n) is 4.69. The van der Waals surface area contributed by atoms with E-state index in [0.717, 1.165) is 16.0 Å². The van der Waals surface area contributed by atoms with E-state index < -0.39 is 11.9 Å². The quantitative estimate of drug-likeness (QED) is 0.354. The van der Waals surface area contributed by atoms with Gasteiger partial charge < -0.3 is 10.1 Å². The molecule has 2 aromatic heterocycles. The molecule has 0 aliphatic rings. The van der Waals surface area contributed by atoms with E-state index in [-0.39, 0.29) is 5.70 Å². The molecule has 2 aromatic carbocycles. The number of tetrazole rings is 1. The normalized spacial score (nSPS) is 11.2. The highest BCUT2D eigenvalue weighted by Crippen LogP contribution is 2.24. The largest absolute Gasteiger partial charge is 0.465 e. The Morgan fingerprint density at radius 2 is 1.91 bits per heavy atom. The molecule has 0 saturated heterocycles. The lowest BCUT2D eigenvalue weighted by molar-refractivity contribution is -0.111. The van der Waals surface area contributed by atoms with Gasteiger partial charge in [0.25, 0.3) is 5.91 Å². The van der Waals surface area contributed by atoms with Crippen LogP contribution in [0, 0.1) is 6.92 Å². The second-order valence-electron chi connectivity index (χ2n) is 6.80. The molecule has 2 heterocycles. The van der Waals surface area contributed by atoms with Crippen LogP contribution in [0.2, 0.25) is 0 Å². The number of nitrogens with zero attached hydrogens (tertiary/aromatic N) is 4. The molecule has 4 aromatic rings. The Balaban J connectivity index is 1.75. The molecular formula is C23H19N5O3S. The van der Waals surface area contributed by atoms with Crippen molar-refractivity contribution in [2.75, 3.05) is 12.4 Å². The molecule has 0 unspecified atom stereocenters. The minimum Gasteiger partial charge on any atom is -0.465 e. The van der Waals surface area contributed by atoms with Gasteiger partial charge in [-0.05, 0) is 52.6 Å². The first-order valence-electron chi connectivity index (χ1n) is 9.66. The Labute approximate surface area is 188 Å². The fourth-order valence-electron chi connectivity index (χ4n) is 3.04. The van der Waals surface area contributed by atoms with Crippen LogP contribution in [-0.2, 0) is 9.53 Å². The number of carbonyl (C=O) groups is 2. The van der Waals surface area contributed by atoms with Gasteiger partial charge in [-0.1, -0.05) is 42.5 Å². The molecule has 0 bridgehead atoms. The van der Waals surface area contributed by atoms with Crippen molar-refractivity contribution >= 4 is 40.7 Å². The van der Waals surface area contributed by atoms with E-state index in [1.54, 1.807) is 24.3 Å². The van der Waals surface area contributed by atoms with Gasteiger partial charge >= 0.3 is 5.97 Å². The number of ether oxygens (including phenoxy) is 1. The average molecular weight is 446 g/mol.